The molecule has 1 fully saturated rings. The van der Waals surface area contributed by atoms with Crippen LogP contribution in [0.15, 0.2) is 24.3 Å². The van der Waals surface area contributed by atoms with Gasteiger partial charge in [0.05, 0.1) is 6.04 Å². The quantitative estimate of drug-likeness (QED) is 0.890. The number of unbranched alkanes of at least 4 members (excludes halogenated alkanes) is 1. The molecule has 1 saturated heterocycles. The minimum atomic E-state index is -0.271. The van der Waals surface area contributed by atoms with E-state index in [9.17, 15) is 9.18 Å². The lowest BCUT2D eigenvalue weighted by molar-refractivity contribution is -0.128. The average molecular weight is 250 g/mol. The fourth-order valence-corrected chi connectivity index (χ4v) is 2.36. The van der Waals surface area contributed by atoms with Crippen molar-refractivity contribution < 1.29 is 9.18 Å². The molecule has 1 aromatic carbocycles. The Morgan fingerprint density at radius 2 is 2.22 bits per heavy atom. The molecule has 0 aliphatic carbocycles. The minimum absolute atomic E-state index is 0.0951. The normalized spacial score (nSPS) is 23.7. The number of benzene rings is 1. The van der Waals surface area contributed by atoms with Crippen molar-refractivity contribution in [2.45, 2.75) is 38.4 Å². The van der Waals surface area contributed by atoms with Crippen molar-refractivity contribution in [2.24, 2.45) is 0 Å². The highest BCUT2D eigenvalue weighted by atomic mass is 19.1. The third-order valence-corrected chi connectivity index (χ3v) is 3.40. The number of hydrogen-bond donors (Lipinski definition) is 1. The topological polar surface area (TPSA) is 32.3 Å². The van der Waals surface area contributed by atoms with E-state index in [1.807, 2.05) is 6.07 Å². The zero-order chi connectivity index (χ0) is 13.1. The lowest BCUT2D eigenvalue weighted by atomic mass is 10.1. The van der Waals surface area contributed by atoms with Gasteiger partial charge in [0, 0.05) is 7.05 Å². The van der Waals surface area contributed by atoms with Crippen LogP contribution in [0.5, 0.6) is 0 Å². The molecule has 1 aliphatic rings. The van der Waals surface area contributed by atoms with E-state index in [0.29, 0.717) is 0 Å². The zero-order valence-corrected chi connectivity index (χ0v) is 10.8. The van der Waals surface area contributed by atoms with E-state index in [0.717, 1.165) is 24.8 Å². The second-order valence-corrected chi connectivity index (χ2v) is 4.77. The van der Waals surface area contributed by atoms with Crippen molar-refractivity contribution in [3.63, 3.8) is 0 Å². The Morgan fingerprint density at radius 3 is 2.89 bits per heavy atom. The number of rotatable bonds is 4. The largest absolute Gasteiger partial charge is 0.325 e. The van der Waals surface area contributed by atoms with Crippen LogP contribution in [0.4, 0.5) is 4.39 Å². The molecule has 18 heavy (non-hydrogen) atoms. The molecule has 0 radical (unpaired) electrons. The summed E-state index contributed by atoms with van der Waals surface area (Å²) in [5.41, 5.74) is 0.796. The van der Waals surface area contributed by atoms with Gasteiger partial charge in [-0.3, -0.25) is 10.1 Å². The van der Waals surface area contributed by atoms with Crippen molar-refractivity contribution >= 4 is 5.91 Å². The van der Waals surface area contributed by atoms with E-state index < -0.39 is 0 Å². The smallest absolute Gasteiger partial charge is 0.241 e. The van der Waals surface area contributed by atoms with Gasteiger partial charge in [0.25, 0.3) is 0 Å². The van der Waals surface area contributed by atoms with E-state index >= 15 is 0 Å². The summed E-state index contributed by atoms with van der Waals surface area (Å²) < 4.78 is 13.2. The molecular formula is C14H19FN2O. The average Bonchev–Trinajstić information content (AvgIpc) is 2.64. The summed E-state index contributed by atoms with van der Waals surface area (Å²) in [6, 6.07) is 6.26. The van der Waals surface area contributed by atoms with Crippen LogP contribution in [0.1, 0.15) is 37.9 Å². The monoisotopic (exact) mass is 250 g/mol. The minimum Gasteiger partial charge on any atom is -0.325 e. The van der Waals surface area contributed by atoms with Crippen molar-refractivity contribution in [1.29, 1.82) is 0 Å². The molecule has 3 nitrogen and oxygen atoms in total. The molecule has 1 N–H and O–H groups in total. The lowest BCUT2D eigenvalue weighted by Gasteiger charge is -2.19. The van der Waals surface area contributed by atoms with Crippen molar-refractivity contribution in [3.05, 3.63) is 35.6 Å². The first-order valence-electron chi connectivity index (χ1n) is 6.41. The fraction of sp³-hybridized carbons (Fsp3) is 0.500. The molecule has 98 valence electrons. The van der Waals surface area contributed by atoms with Gasteiger partial charge in [0.1, 0.15) is 12.0 Å². The van der Waals surface area contributed by atoms with Crippen molar-refractivity contribution in [2.75, 3.05) is 7.05 Å². The summed E-state index contributed by atoms with van der Waals surface area (Å²) in [6.45, 7) is 2.10. The molecule has 0 aromatic heterocycles. The molecule has 1 heterocycles. The SMILES string of the molecule is CCCCC1NC(c2cccc(F)c2)N(C)C1=O. The number of amides is 1. The maximum Gasteiger partial charge on any atom is 0.241 e. The van der Waals surface area contributed by atoms with Gasteiger partial charge in [-0.15, -0.1) is 0 Å². The summed E-state index contributed by atoms with van der Waals surface area (Å²) in [7, 11) is 1.76. The number of likely N-dealkylation sites (N-methyl/N-ethyl adjacent to an activating group) is 1. The molecule has 2 atom stereocenters. The van der Waals surface area contributed by atoms with E-state index in [1.165, 1.54) is 12.1 Å². The Hall–Kier alpha value is -1.42. The first kappa shape index (κ1) is 13.0. The first-order valence-corrected chi connectivity index (χ1v) is 6.41. The Labute approximate surface area is 107 Å². The van der Waals surface area contributed by atoms with E-state index in [-0.39, 0.29) is 23.9 Å². The van der Waals surface area contributed by atoms with Gasteiger partial charge in [0.15, 0.2) is 0 Å². The number of nitrogens with zero attached hydrogens (tertiary/aromatic N) is 1. The maximum absolute atomic E-state index is 13.2. The summed E-state index contributed by atoms with van der Waals surface area (Å²) in [6.07, 6.45) is 2.72. The Balaban J connectivity index is 2.13. The van der Waals surface area contributed by atoms with E-state index in [4.69, 9.17) is 0 Å². The Morgan fingerprint density at radius 1 is 1.44 bits per heavy atom. The van der Waals surface area contributed by atoms with Gasteiger partial charge in [-0.05, 0) is 24.1 Å². The standard InChI is InChI=1S/C14H19FN2O/c1-3-4-8-12-14(18)17(2)13(16-12)10-6-5-7-11(15)9-10/h5-7,9,12-13,16H,3-4,8H2,1-2H3. The summed E-state index contributed by atoms with van der Waals surface area (Å²) >= 11 is 0. The molecule has 2 unspecified atom stereocenters. The molecule has 1 aliphatic heterocycles. The number of hydrogen-bond acceptors (Lipinski definition) is 2. The predicted octanol–water partition coefficient (Wildman–Crippen LogP) is 2.44. The van der Waals surface area contributed by atoms with E-state index in [1.54, 1.807) is 18.0 Å². The molecular weight excluding hydrogens is 231 g/mol. The van der Waals surface area contributed by atoms with Crippen molar-refractivity contribution in [1.82, 2.24) is 10.2 Å². The van der Waals surface area contributed by atoms with Gasteiger partial charge in [-0.25, -0.2) is 4.39 Å². The molecule has 0 bridgehead atoms. The van der Waals surface area contributed by atoms with Crippen LogP contribution in [0.2, 0.25) is 0 Å². The highest BCUT2D eigenvalue weighted by Gasteiger charge is 2.36. The van der Waals surface area contributed by atoms with Crippen LogP contribution >= 0.6 is 0 Å². The predicted molar refractivity (Wildman–Crippen MR) is 68.4 cm³/mol. The van der Waals surface area contributed by atoms with Crippen molar-refractivity contribution in [3.8, 4) is 0 Å². The first-order chi connectivity index (χ1) is 8.63. The Kier molecular flexibility index (Phi) is 3.97. The molecule has 0 spiro atoms. The van der Waals surface area contributed by atoms with Gasteiger partial charge >= 0.3 is 0 Å². The lowest BCUT2D eigenvalue weighted by Crippen LogP contribution is -2.28. The van der Waals surface area contributed by atoms with Crippen LogP contribution in [-0.2, 0) is 4.79 Å². The summed E-state index contributed by atoms with van der Waals surface area (Å²) in [5.74, 6) is -0.176. The van der Waals surface area contributed by atoms with Crippen LogP contribution < -0.4 is 5.32 Å². The van der Waals surface area contributed by atoms with Crippen LogP contribution in [0.25, 0.3) is 0 Å². The van der Waals surface area contributed by atoms with Crippen LogP contribution in [0.3, 0.4) is 0 Å². The van der Waals surface area contributed by atoms with Gasteiger partial charge in [0.2, 0.25) is 5.91 Å². The zero-order valence-electron chi connectivity index (χ0n) is 10.8. The van der Waals surface area contributed by atoms with Gasteiger partial charge < -0.3 is 4.90 Å². The molecule has 0 saturated carbocycles. The molecule has 2 rings (SSSR count). The van der Waals surface area contributed by atoms with Crippen LogP contribution in [0, 0.1) is 5.82 Å². The fourth-order valence-electron chi connectivity index (χ4n) is 2.36. The third kappa shape index (κ3) is 2.53. The Bertz CT molecular complexity index is 436. The van der Waals surface area contributed by atoms with E-state index in [2.05, 4.69) is 12.2 Å². The van der Waals surface area contributed by atoms with Gasteiger partial charge in [-0.2, -0.15) is 0 Å². The van der Waals surface area contributed by atoms with Crippen LogP contribution in [-0.4, -0.2) is 23.9 Å². The molecule has 1 aromatic rings. The van der Waals surface area contributed by atoms with Gasteiger partial charge in [-0.1, -0.05) is 31.9 Å². The number of halogens is 1. The molecule has 4 heteroatoms. The summed E-state index contributed by atoms with van der Waals surface area (Å²) in [5, 5.41) is 3.28. The number of nitrogens with one attached hydrogen (secondary N) is 1. The second kappa shape index (κ2) is 5.48. The second-order valence-electron chi connectivity index (χ2n) is 4.77. The highest BCUT2D eigenvalue weighted by Crippen LogP contribution is 2.25. The maximum atomic E-state index is 13.2. The third-order valence-electron chi connectivity index (χ3n) is 3.40. The summed E-state index contributed by atoms with van der Waals surface area (Å²) in [4.78, 5) is 13.7. The molecule has 1 amide bonds. The highest BCUT2D eigenvalue weighted by molar-refractivity contribution is 5.84. The number of carbonyl (C=O) groups is 1. The number of carbonyl (C=O) groups excluding carboxylic acids is 1.